The van der Waals surface area contributed by atoms with E-state index in [1.165, 1.54) is 30.6 Å². The van der Waals surface area contributed by atoms with Crippen molar-refractivity contribution < 1.29 is 9.69 Å². The van der Waals surface area contributed by atoms with Crippen molar-refractivity contribution in [2.24, 2.45) is 0 Å². The molecule has 2 aromatic heterocycles. The van der Waals surface area contributed by atoms with E-state index < -0.39 is 0 Å². The molecular formula is C19H28N5OS2+. The van der Waals surface area contributed by atoms with Gasteiger partial charge in [0.2, 0.25) is 0 Å². The first-order valence-electron chi connectivity index (χ1n) is 9.93. The van der Waals surface area contributed by atoms with Crippen molar-refractivity contribution in [3.8, 4) is 0 Å². The Labute approximate surface area is 168 Å². The number of anilines is 1. The molecule has 1 N–H and O–H groups in total. The number of nitrogens with zero attached hydrogens (tertiary/aromatic N) is 4. The number of carbonyl (C=O) groups is 1. The minimum atomic E-state index is 0.156. The number of likely N-dealkylation sites (N-methyl/N-ethyl adjacent to an activating group) is 1. The average Bonchev–Trinajstić information content (AvgIpc) is 3.17. The largest absolute Gasteiger partial charge is 0.356 e. The molecule has 1 amide bonds. The summed E-state index contributed by atoms with van der Waals surface area (Å²) in [5, 5.41) is 1.84. The van der Waals surface area contributed by atoms with E-state index in [0.717, 1.165) is 71.9 Å². The molecule has 0 aromatic carbocycles. The molecule has 2 aliphatic rings. The van der Waals surface area contributed by atoms with E-state index in [2.05, 4.69) is 11.8 Å². The lowest BCUT2D eigenvalue weighted by atomic mass is 10.1. The molecule has 0 saturated carbocycles. The van der Waals surface area contributed by atoms with Crippen molar-refractivity contribution in [1.29, 1.82) is 0 Å². The van der Waals surface area contributed by atoms with Gasteiger partial charge in [0.1, 0.15) is 10.6 Å². The number of thiophene rings is 1. The van der Waals surface area contributed by atoms with Crippen LogP contribution in [-0.4, -0.2) is 72.8 Å². The number of hydrogen-bond acceptors (Lipinski definition) is 6. The molecule has 0 bridgehead atoms. The first-order valence-corrected chi connectivity index (χ1v) is 12.0. The fourth-order valence-electron chi connectivity index (χ4n) is 3.97. The Hall–Kier alpha value is -1.38. The maximum Gasteiger partial charge on any atom is 0.264 e. The highest BCUT2D eigenvalue weighted by atomic mass is 32.2. The van der Waals surface area contributed by atoms with Crippen LogP contribution in [0.5, 0.6) is 0 Å². The zero-order valence-corrected chi connectivity index (χ0v) is 17.8. The Bertz CT molecular complexity index is 810. The van der Waals surface area contributed by atoms with Gasteiger partial charge in [-0.05, 0) is 38.5 Å². The smallest absolute Gasteiger partial charge is 0.264 e. The fourth-order valence-corrected chi connectivity index (χ4v) is 5.38. The van der Waals surface area contributed by atoms with Crippen LogP contribution >= 0.6 is 23.1 Å². The van der Waals surface area contributed by atoms with Gasteiger partial charge in [0.25, 0.3) is 5.91 Å². The third-order valence-corrected chi connectivity index (χ3v) is 7.22. The Morgan fingerprint density at radius 3 is 2.59 bits per heavy atom. The lowest BCUT2D eigenvalue weighted by Gasteiger charge is -2.31. The van der Waals surface area contributed by atoms with Crippen LogP contribution in [0.15, 0.2) is 11.2 Å². The van der Waals surface area contributed by atoms with Crippen LogP contribution in [0.2, 0.25) is 0 Å². The molecule has 27 heavy (non-hydrogen) atoms. The molecule has 2 aromatic rings. The number of fused-ring (bicyclic) bond motifs is 1. The summed E-state index contributed by atoms with van der Waals surface area (Å²) in [5.41, 5.74) is 0. The van der Waals surface area contributed by atoms with E-state index in [0.29, 0.717) is 0 Å². The van der Waals surface area contributed by atoms with Gasteiger partial charge in [-0.15, -0.1) is 11.3 Å². The number of piperazine rings is 1. The SMILES string of the molecule is CC[NH+]1CCN(C(=O)c2cc3c(N4CCCCC4)nc(SC)nc3s2)CC1. The summed E-state index contributed by atoms with van der Waals surface area (Å²) in [4.78, 5) is 30.3. The maximum absolute atomic E-state index is 13.1. The molecule has 146 valence electrons. The summed E-state index contributed by atoms with van der Waals surface area (Å²) in [7, 11) is 0. The molecule has 0 atom stereocenters. The van der Waals surface area contributed by atoms with Gasteiger partial charge in [0, 0.05) is 13.1 Å². The average molecular weight is 407 g/mol. The van der Waals surface area contributed by atoms with E-state index in [4.69, 9.17) is 9.97 Å². The summed E-state index contributed by atoms with van der Waals surface area (Å²) in [6.07, 6.45) is 5.72. The Morgan fingerprint density at radius 1 is 1.19 bits per heavy atom. The standard InChI is InChI=1S/C19H27N5OS2/c1-3-22-9-11-24(12-10-22)18(25)15-13-14-16(23-7-5-4-6-8-23)20-19(26-2)21-17(14)27-15/h13H,3-12H2,1-2H3/p+1. The van der Waals surface area contributed by atoms with Crippen molar-refractivity contribution in [2.75, 3.05) is 57.0 Å². The van der Waals surface area contributed by atoms with E-state index in [9.17, 15) is 4.79 Å². The molecule has 2 aliphatic heterocycles. The van der Waals surface area contributed by atoms with Gasteiger partial charge in [-0.25, -0.2) is 9.97 Å². The normalized spacial score (nSPS) is 19.0. The number of rotatable bonds is 4. The molecule has 0 unspecified atom stereocenters. The second kappa shape index (κ2) is 8.32. The summed E-state index contributed by atoms with van der Waals surface area (Å²) in [6, 6.07) is 2.04. The van der Waals surface area contributed by atoms with Crippen LogP contribution in [0, 0.1) is 0 Å². The highest BCUT2D eigenvalue weighted by molar-refractivity contribution is 7.98. The fraction of sp³-hybridized carbons (Fsp3) is 0.632. The molecule has 6 nitrogen and oxygen atoms in total. The van der Waals surface area contributed by atoms with Crippen molar-refractivity contribution in [3.63, 3.8) is 0 Å². The lowest BCUT2D eigenvalue weighted by molar-refractivity contribution is -0.902. The number of aromatic nitrogens is 2. The Kier molecular flexibility index (Phi) is 5.85. The Morgan fingerprint density at radius 2 is 1.93 bits per heavy atom. The van der Waals surface area contributed by atoms with Gasteiger partial charge in [-0.1, -0.05) is 11.8 Å². The lowest BCUT2D eigenvalue weighted by Crippen LogP contribution is -3.14. The summed E-state index contributed by atoms with van der Waals surface area (Å²) < 4.78 is 0. The van der Waals surface area contributed by atoms with E-state index in [-0.39, 0.29) is 5.91 Å². The van der Waals surface area contributed by atoms with E-state index >= 15 is 0 Å². The number of carbonyl (C=O) groups excluding carboxylic acids is 1. The molecule has 4 heterocycles. The molecule has 4 rings (SSSR count). The van der Waals surface area contributed by atoms with Gasteiger partial charge >= 0.3 is 0 Å². The van der Waals surface area contributed by atoms with Gasteiger partial charge in [-0.2, -0.15) is 0 Å². The summed E-state index contributed by atoms with van der Waals surface area (Å²) in [6.45, 7) is 9.21. The van der Waals surface area contributed by atoms with Crippen LogP contribution in [-0.2, 0) is 0 Å². The van der Waals surface area contributed by atoms with Crippen molar-refractivity contribution >= 4 is 45.0 Å². The van der Waals surface area contributed by atoms with Gasteiger partial charge in [-0.3, -0.25) is 4.79 Å². The minimum absolute atomic E-state index is 0.156. The number of quaternary nitrogens is 1. The molecule has 2 saturated heterocycles. The van der Waals surface area contributed by atoms with Gasteiger partial charge < -0.3 is 14.7 Å². The maximum atomic E-state index is 13.1. The van der Waals surface area contributed by atoms with E-state index in [1.807, 2.05) is 17.2 Å². The number of nitrogens with one attached hydrogen (secondary N) is 1. The zero-order valence-electron chi connectivity index (χ0n) is 16.2. The van der Waals surface area contributed by atoms with Crippen LogP contribution in [0.3, 0.4) is 0 Å². The second-order valence-corrected chi connectivity index (χ2v) is 9.11. The molecule has 2 fully saturated rings. The van der Waals surface area contributed by atoms with Crippen molar-refractivity contribution in [1.82, 2.24) is 14.9 Å². The molecule has 0 spiro atoms. The number of amides is 1. The zero-order chi connectivity index (χ0) is 18.8. The van der Waals surface area contributed by atoms with Crippen LogP contribution in [0.25, 0.3) is 10.2 Å². The topological polar surface area (TPSA) is 53.8 Å². The predicted octanol–water partition coefficient (Wildman–Crippen LogP) is 1.76. The third kappa shape index (κ3) is 3.93. The molecular weight excluding hydrogens is 378 g/mol. The number of piperidine rings is 1. The number of hydrogen-bond donors (Lipinski definition) is 1. The van der Waals surface area contributed by atoms with Crippen LogP contribution < -0.4 is 9.80 Å². The molecule has 0 aliphatic carbocycles. The predicted molar refractivity (Wildman–Crippen MR) is 112 cm³/mol. The van der Waals surface area contributed by atoms with Crippen molar-refractivity contribution in [2.45, 2.75) is 31.3 Å². The number of thioether (sulfide) groups is 1. The minimum Gasteiger partial charge on any atom is -0.356 e. The molecule has 0 radical (unpaired) electrons. The van der Waals surface area contributed by atoms with Crippen LogP contribution in [0.1, 0.15) is 35.9 Å². The van der Waals surface area contributed by atoms with Crippen molar-refractivity contribution in [3.05, 3.63) is 10.9 Å². The van der Waals surface area contributed by atoms with Crippen LogP contribution in [0.4, 0.5) is 5.82 Å². The quantitative estimate of drug-likeness (QED) is 0.619. The molecule has 8 heteroatoms. The Balaban J connectivity index is 1.64. The third-order valence-electron chi connectivity index (χ3n) is 5.66. The van der Waals surface area contributed by atoms with Gasteiger partial charge in [0.15, 0.2) is 5.16 Å². The first-order chi connectivity index (χ1) is 13.2. The highest BCUT2D eigenvalue weighted by Crippen LogP contribution is 2.34. The monoisotopic (exact) mass is 406 g/mol. The highest BCUT2D eigenvalue weighted by Gasteiger charge is 2.26. The van der Waals surface area contributed by atoms with E-state index in [1.54, 1.807) is 16.7 Å². The first kappa shape index (κ1) is 19.0. The van der Waals surface area contributed by atoms with Gasteiger partial charge in [0.05, 0.1) is 43.0 Å². The second-order valence-electron chi connectivity index (χ2n) is 7.31. The summed E-state index contributed by atoms with van der Waals surface area (Å²) in [5.74, 6) is 1.17. The summed E-state index contributed by atoms with van der Waals surface area (Å²) >= 11 is 3.09.